The first-order chi connectivity index (χ1) is 5.31. The maximum absolute atomic E-state index is 10.3. The van der Waals surface area contributed by atoms with E-state index in [1.54, 1.807) is 0 Å². The van der Waals surface area contributed by atoms with Crippen LogP contribution in [0.2, 0.25) is 0 Å². The van der Waals surface area contributed by atoms with Crippen molar-refractivity contribution in [3.05, 3.63) is 0 Å². The summed E-state index contributed by atoms with van der Waals surface area (Å²) in [6.45, 7) is -0.523. The van der Waals surface area contributed by atoms with Gasteiger partial charge in [-0.15, -0.1) is 0 Å². The molecule has 0 aliphatic carbocycles. The second kappa shape index (κ2) is 4.39. The van der Waals surface area contributed by atoms with Crippen LogP contribution in [0.4, 0.5) is 0 Å². The molecule has 0 bridgehead atoms. The van der Waals surface area contributed by atoms with E-state index < -0.39 is 35.2 Å². The molecule has 0 unspecified atom stereocenters. The van der Waals surface area contributed by atoms with Crippen LogP contribution >= 0.6 is 0 Å². The first-order valence-corrected chi connectivity index (χ1v) is 4.87. The number of hydrogen-bond acceptors (Lipinski definition) is 5. The summed E-state index contributed by atoms with van der Waals surface area (Å²) in [6, 6.07) is 0. The summed E-state index contributed by atoms with van der Waals surface area (Å²) in [4.78, 5) is 9.97. The van der Waals surface area contributed by atoms with Crippen LogP contribution in [0.15, 0.2) is 0 Å². The van der Waals surface area contributed by atoms with Crippen LogP contribution in [0, 0.1) is 0 Å². The van der Waals surface area contributed by atoms with Crippen molar-refractivity contribution in [1.29, 1.82) is 0 Å². The van der Waals surface area contributed by atoms with E-state index in [0.717, 1.165) is 6.26 Å². The lowest BCUT2D eigenvalue weighted by molar-refractivity contribution is -0.139. The average Bonchev–Trinajstić information content (AvgIpc) is 1.80. The Morgan fingerprint density at radius 2 is 2.08 bits per heavy atom. The molecule has 0 amide bonds. The van der Waals surface area contributed by atoms with Crippen molar-refractivity contribution >= 4 is 16.1 Å². The number of hydrogen-bond donors (Lipinski definition) is 2. The van der Waals surface area contributed by atoms with Crippen molar-refractivity contribution in [2.24, 2.45) is 0 Å². The summed E-state index contributed by atoms with van der Waals surface area (Å²) < 4.78 is 24.8. The molecule has 0 radical (unpaired) electrons. The monoisotopic (exact) mass is 198 g/mol. The van der Waals surface area contributed by atoms with Gasteiger partial charge in [-0.2, -0.15) is 8.42 Å². The van der Waals surface area contributed by atoms with Crippen LogP contribution in [-0.4, -0.2) is 43.6 Å². The number of carbonyl (C=O) groups is 1. The molecule has 0 aromatic rings. The molecule has 6 nitrogen and oxygen atoms in total. The molecule has 0 aromatic heterocycles. The standard InChI is InChI=1S/C5H10O6S/c1-12(9,10)11-3-4(6)2-5(7)8/h4,6H,2-3H2,1H3,(H,7,8)/t4-/m1/s1. The van der Waals surface area contributed by atoms with Gasteiger partial charge in [0, 0.05) is 0 Å². The van der Waals surface area contributed by atoms with E-state index >= 15 is 0 Å². The number of carboxylic acid groups (broad SMARTS) is 1. The second-order valence-corrected chi connectivity index (χ2v) is 3.88. The largest absolute Gasteiger partial charge is 0.481 e. The molecule has 0 aliphatic heterocycles. The summed E-state index contributed by atoms with van der Waals surface area (Å²) in [5, 5.41) is 17.0. The third-order valence-electron chi connectivity index (χ3n) is 0.885. The minimum atomic E-state index is -3.61. The summed E-state index contributed by atoms with van der Waals surface area (Å²) in [5.74, 6) is -1.21. The van der Waals surface area contributed by atoms with E-state index in [9.17, 15) is 13.2 Å². The van der Waals surface area contributed by atoms with Gasteiger partial charge in [0.1, 0.15) is 0 Å². The van der Waals surface area contributed by atoms with Crippen LogP contribution in [-0.2, 0) is 19.1 Å². The quantitative estimate of drug-likeness (QED) is 0.538. The molecule has 12 heavy (non-hydrogen) atoms. The van der Waals surface area contributed by atoms with Crippen LogP contribution in [0.25, 0.3) is 0 Å². The number of aliphatic hydroxyl groups is 1. The Morgan fingerprint density at radius 3 is 2.42 bits per heavy atom. The van der Waals surface area contributed by atoms with Gasteiger partial charge in [0.15, 0.2) is 0 Å². The third kappa shape index (κ3) is 7.45. The minimum absolute atomic E-state index is 0.523. The first kappa shape index (κ1) is 11.3. The minimum Gasteiger partial charge on any atom is -0.481 e. The van der Waals surface area contributed by atoms with Crippen molar-refractivity contribution in [2.75, 3.05) is 12.9 Å². The van der Waals surface area contributed by atoms with E-state index in [1.807, 2.05) is 0 Å². The van der Waals surface area contributed by atoms with Gasteiger partial charge in [-0.25, -0.2) is 0 Å². The Morgan fingerprint density at radius 1 is 1.58 bits per heavy atom. The van der Waals surface area contributed by atoms with E-state index in [1.165, 1.54) is 0 Å². The van der Waals surface area contributed by atoms with E-state index in [2.05, 4.69) is 4.18 Å². The average molecular weight is 198 g/mol. The number of carboxylic acids is 1. The molecule has 0 aliphatic rings. The lowest BCUT2D eigenvalue weighted by atomic mass is 10.3. The van der Waals surface area contributed by atoms with Crippen molar-refractivity contribution in [3.8, 4) is 0 Å². The van der Waals surface area contributed by atoms with E-state index in [4.69, 9.17) is 10.2 Å². The highest BCUT2D eigenvalue weighted by molar-refractivity contribution is 7.85. The molecule has 0 heterocycles. The molecule has 0 saturated carbocycles. The van der Waals surface area contributed by atoms with Gasteiger partial charge >= 0.3 is 5.97 Å². The lowest BCUT2D eigenvalue weighted by Gasteiger charge is -2.06. The second-order valence-electron chi connectivity index (χ2n) is 2.24. The number of aliphatic carboxylic acids is 1. The Hall–Kier alpha value is -0.660. The van der Waals surface area contributed by atoms with Crippen molar-refractivity contribution < 1.29 is 27.6 Å². The topological polar surface area (TPSA) is 101 Å². The predicted molar refractivity (Wildman–Crippen MR) is 39.1 cm³/mol. The summed E-state index contributed by atoms with van der Waals surface area (Å²) in [7, 11) is -3.61. The molecule has 2 N–H and O–H groups in total. The van der Waals surface area contributed by atoms with Gasteiger partial charge in [-0.05, 0) is 0 Å². The van der Waals surface area contributed by atoms with Gasteiger partial charge < -0.3 is 10.2 Å². The molecular weight excluding hydrogens is 188 g/mol. The highest BCUT2D eigenvalue weighted by atomic mass is 32.2. The zero-order valence-corrected chi connectivity index (χ0v) is 7.24. The summed E-state index contributed by atoms with van der Waals surface area (Å²) in [5.41, 5.74) is 0. The van der Waals surface area contributed by atoms with Crippen LogP contribution in [0.3, 0.4) is 0 Å². The van der Waals surface area contributed by atoms with E-state index in [0.29, 0.717) is 0 Å². The molecule has 0 saturated heterocycles. The fourth-order valence-electron chi connectivity index (χ4n) is 0.463. The lowest BCUT2D eigenvalue weighted by Crippen LogP contribution is -2.21. The Kier molecular flexibility index (Phi) is 4.15. The third-order valence-corrected chi connectivity index (χ3v) is 1.45. The maximum Gasteiger partial charge on any atom is 0.306 e. The van der Waals surface area contributed by atoms with Crippen LogP contribution in [0.1, 0.15) is 6.42 Å². The summed E-state index contributed by atoms with van der Waals surface area (Å²) >= 11 is 0. The van der Waals surface area contributed by atoms with E-state index in [-0.39, 0.29) is 0 Å². The Labute approximate surface area is 69.9 Å². The van der Waals surface area contributed by atoms with Gasteiger partial charge in [0.2, 0.25) is 0 Å². The van der Waals surface area contributed by atoms with Gasteiger partial charge in [0.25, 0.3) is 10.1 Å². The zero-order valence-electron chi connectivity index (χ0n) is 6.43. The molecule has 1 atom stereocenters. The normalized spacial score (nSPS) is 14.2. The van der Waals surface area contributed by atoms with Crippen molar-refractivity contribution in [1.82, 2.24) is 0 Å². The fourth-order valence-corrected chi connectivity index (χ4v) is 0.867. The number of aliphatic hydroxyl groups excluding tert-OH is 1. The maximum atomic E-state index is 10.3. The zero-order chi connectivity index (χ0) is 9.78. The molecule has 7 heteroatoms. The molecule has 72 valence electrons. The molecule has 0 aromatic carbocycles. The summed E-state index contributed by atoms with van der Waals surface area (Å²) in [6.07, 6.45) is -1.01. The number of rotatable bonds is 5. The van der Waals surface area contributed by atoms with Crippen molar-refractivity contribution in [3.63, 3.8) is 0 Å². The van der Waals surface area contributed by atoms with Gasteiger partial charge in [-0.1, -0.05) is 0 Å². The fraction of sp³-hybridized carbons (Fsp3) is 0.800. The van der Waals surface area contributed by atoms with Crippen LogP contribution < -0.4 is 0 Å². The van der Waals surface area contributed by atoms with Crippen LogP contribution in [0.5, 0.6) is 0 Å². The van der Waals surface area contributed by atoms with Crippen molar-refractivity contribution in [2.45, 2.75) is 12.5 Å². The smallest absolute Gasteiger partial charge is 0.306 e. The predicted octanol–water partition coefficient (Wildman–Crippen LogP) is -1.20. The molecule has 0 rings (SSSR count). The first-order valence-electron chi connectivity index (χ1n) is 3.05. The Bertz CT molecular complexity index is 243. The SMILES string of the molecule is CS(=O)(=O)OC[C@H](O)CC(=O)O. The molecule has 0 fully saturated rings. The molecular formula is C5H10O6S. The molecule has 0 spiro atoms. The highest BCUT2D eigenvalue weighted by Gasteiger charge is 2.12. The highest BCUT2D eigenvalue weighted by Crippen LogP contribution is 1.95. The Balaban J connectivity index is 3.72. The van der Waals surface area contributed by atoms with Gasteiger partial charge in [-0.3, -0.25) is 8.98 Å². The van der Waals surface area contributed by atoms with Gasteiger partial charge in [0.05, 0.1) is 25.4 Å².